The van der Waals surface area contributed by atoms with Gasteiger partial charge in [-0.15, -0.1) is 11.6 Å². The van der Waals surface area contributed by atoms with Crippen LogP contribution in [0.25, 0.3) is 0 Å². The van der Waals surface area contributed by atoms with Crippen LogP contribution in [-0.2, 0) is 5.88 Å². The first kappa shape index (κ1) is 12.5. The van der Waals surface area contributed by atoms with Crippen molar-refractivity contribution in [1.29, 1.82) is 0 Å². The zero-order chi connectivity index (χ0) is 12.4. The van der Waals surface area contributed by atoms with Crippen molar-refractivity contribution in [2.75, 3.05) is 6.54 Å². The van der Waals surface area contributed by atoms with E-state index in [9.17, 15) is 4.79 Å². The molecule has 0 bridgehead atoms. The molecule has 1 aliphatic heterocycles. The van der Waals surface area contributed by atoms with Crippen LogP contribution < -0.4 is 0 Å². The highest BCUT2D eigenvalue weighted by Crippen LogP contribution is 2.22. The number of carbonyl (C=O) groups excluding carboxylic acids is 1. The fourth-order valence-electron chi connectivity index (χ4n) is 2.30. The van der Waals surface area contributed by atoms with Crippen molar-refractivity contribution in [3.05, 3.63) is 23.2 Å². The molecule has 0 radical (unpaired) electrons. The van der Waals surface area contributed by atoms with Crippen LogP contribution in [0.3, 0.4) is 0 Å². The van der Waals surface area contributed by atoms with Gasteiger partial charge < -0.3 is 9.32 Å². The molecular formula is C13H18ClNO2. The van der Waals surface area contributed by atoms with Crippen molar-refractivity contribution >= 4 is 17.5 Å². The van der Waals surface area contributed by atoms with Gasteiger partial charge in [0.05, 0.1) is 5.88 Å². The second-order valence-electron chi connectivity index (χ2n) is 4.67. The van der Waals surface area contributed by atoms with Gasteiger partial charge in [0.25, 0.3) is 5.91 Å². The topological polar surface area (TPSA) is 33.5 Å². The van der Waals surface area contributed by atoms with Crippen molar-refractivity contribution in [3.8, 4) is 0 Å². The van der Waals surface area contributed by atoms with Crippen LogP contribution in [0.1, 0.15) is 48.1 Å². The minimum Gasteiger partial charge on any atom is -0.456 e. The van der Waals surface area contributed by atoms with Crippen LogP contribution in [0.15, 0.2) is 10.5 Å². The van der Waals surface area contributed by atoms with Crippen molar-refractivity contribution in [3.63, 3.8) is 0 Å². The number of carbonyl (C=O) groups is 1. The second kappa shape index (κ2) is 5.13. The summed E-state index contributed by atoms with van der Waals surface area (Å²) in [6.07, 6.45) is 3.36. The minimum absolute atomic E-state index is 0.00309. The maximum atomic E-state index is 12.3. The Labute approximate surface area is 107 Å². The lowest BCUT2D eigenvalue weighted by molar-refractivity contribution is 0.0601. The maximum absolute atomic E-state index is 12.3. The number of hydrogen-bond donors (Lipinski definition) is 0. The minimum atomic E-state index is -0.00309. The molecule has 0 aromatic carbocycles. The molecule has 3 nitrogen and oxygen atoms in total. The van der Waals surface area contributed by atoms with E-state index in [4.69, 9.17) is 16.0 Å². The molecule has 1 unspecified atom stereocenters. The summed E-state index contributed by atoms with van der Waals surface area (Å²) in [5, 5.41) is 0. The van der Waals surface area contributed by atoms with E-state index in [-0.39, 0.29) is 5.91 Å². The summed E-state index contributed by atoms with van der Waals surface area (Å²) in [5.41, 5.74) is 0.902. The highest BCUT2D eigenvalue weighted by Gasteiger charge is 2.26. The predicted octanol–water partition coefficient (Wildman–Crippen LogP) is 3.34. The van der Waals surface area contributed by atoms with Crippen LogP contribution in [0.4, 0.5) is 0 Å². The second-order valence-corrected chi connectivity index (χ2v) is 4.94. The molecule has 1 atom stereocenters. The highest BCUT2D eigenvalue weighted by molar-refractivity contribution is 6.17. The fraction of sp³-hybridized carbons (Fsp3) is 0.615. The lowest BCUT2D eigenvalue weighted by Crippen LogP contribution is -2.41. The Balaban J connectivity index is 2.17. The third kappa shape index (κ3) is 2.49. The van der Waals surface area contributed by atoms with Gasteiger partial charge >= 0.3 is 0 Å². The number of aryl methyl sites for hydroxylation is 1. The average Bonchev–Trinajstić information content (AvgIpc) is 2.70. The molecule has 0 spiro atoms. The molecule has 2 heterocycles. The molecule has 94 valence electrons. The maximum Gasteiger partial charge on any atom is 0.289 e. The molecular weight excluding hydrogens is 238 g/mol. The van der Waals surface area contributed by atoms with E-state index in [0.717, 1.165) is 30.7 Å². The summed E-state index contributed by atoms with van der Waals surface area (Å²) in [6, 6.07) is 2.08. The normalized spacial score (nSPS) is 20.6. The Kier molecular flexibility index (Phi) is 3.77. The Morgan fingerprint density at radius 3 is 2.94 bits per heavy atom. The number of hydrogen-bond acceptors (Lipinski definition) is 2. The van der Waals surface area contributed by atoms with E-state index in [1.165, 1.54) is 6.42 Å². The van der Waals surface area contributed by atoms with Crippen LogP contribution in [0.5, 0.6) is 0 Å². The summed E-state index contributed by atoms with van der Waals surface area (Å²) < 4.78 is 5.49. The Morgan fingerprint density at radius 1 is 1.59 bits per heavy atom. The van der Waals surface area contributed by atoms with Gasteiger partial charge in [0.2, 0.25) is 0 Å². The first-order valence-electron chi connectivity index (χ1n) is 6.09. The number of halogens is 1. The number of rotatable bonds is 2. The Morgan fingerprint density at radius 2 is 2.35 bits per heavy atom. The van der Waals surface area contributed by atoms with Crippen LogP contribution in [-0.4, -0.2) is 23.4 Å². The van der Waals surface area contributed by atoms with E-state index in [0.29, 0.717) is 17.7 Å². The molecule has 0 saturated carbocycles. The van der Waals surface area contributed by atoms with Gasteiger partial charge in [0, 0.05) is 18.2 Å². The van der Waals surface area contributed by atoms with E-state index in [1.54, 1.807) is 6.07 Å². The monoisotopic (exact) mass is 255 g/mol. The van der Waals surface area contributed by atoms with Gasteiger partial charge in [-0.2, -0.15) is 0 Å². The summed E-state index contributed by atoms with van der Waals surface area (Å²) in [7, 11) is 0. The Bertz CT molecular complexity index is 414. The van der Waals surface area contributed by atoms with Gasteiger partial charge in [-0.25, -0.2) is 0 Å². The number of amides is 1. The van der Waals surface area contributed by atoms with Gasteiger partial charge in [-0.05, 0) is 39.2 Å². The van der Waals surface area contributed by atoms with Gasteiger partial charge in [-0.3, -0.25) is 4.79 Å². The molecule has 0 N–H and O–H groups in total. The molecule has 17 heavy (non-hydrogen) atoms. The smallest absolute Gasteiger partial charge is 0.289 e. The summed E-state index contributed by atoms with van der Waals surface area (Å²) in [4.78, 5) is 14.2. The third-order valence-electron chi connectivity index (χ3n) is 3.44. The predicted molar refractivity (Wildman–Crippen MR) is 67.4 cm³/mol. The van der Waals surface area contributed by atoms with Crippen molar-refractivity contribution in [2.45, 2.75) is 45.0 Å². The summed E-state index contributed by atoms with van der Waals surface area (Å²) >= 11 is 5.78. The van der Waals surface area contributed by atoms with E-state index in [2.05, 4.69) is 6.92 Å². The van der Waals surface area contributed by atoms with Gasteiger partial charge in [0.15, 0.2) is 5.76 Å². The van der Waals surface area contributed by atoms with Crippen molar-refractivity contribution in [2.24, 2.45) is 0 Å². The Hall–Kier alpha value is -0.960. The summed E-state index contributed by atoms with van der Waals surface area (Å²) in [6.45, 7) is 4.76. The molecule has 1 saturated heterocycles. The highest BCUT2D eigenvalue weighted by atomic mass is 35.5. The van der Waals surface area contributed by atoms with Crippen molar-refractivity contribution in [1.82, 2.24) is 4.90 Å². The molecule has 1 aromatic heterocycles. The number of furan rings is 1. The first-order valence-corrected chi connectivity index (χ1v) is 6.63. The lowest BCUT2D eigenvalue weighted by atomic mass is 10.0. The number of piperidine rings is 1. The molecule has 1 amide bonds. The standard InChI is InChI=1S/C13H18ClNO2/c1-9-5-3-4-6-15(9)13(16)12-7-11(8-14)10(2)17-12/h7,9H,3-6,8H2,1-2H3. The first-order chi connectivity index (χ1) is 8.13. The fourth-order valence-corrected chi connectivity index (χ4v) is 2.56. The molecule has 1 fully saturated rings. The lowest BCUT2D eigenvalue weighted by Gasteiger charge is -2.32. The quantitative estimate of drug-likeness (QED) is 0.760. The van der Waals surface area contributed by atoms with E-state index in [1.807, 2.05) is 11.8 Å². The van der Waals surface area contributed by atoms with Crippen molar-refractivity contribution < 1.29 is 9.21 Å². The van der Waals surface area contributed by atoms with E-state index < -0.39 is 0 Å². The van der Waals surface area contributed by atoms with Crippen LogP contribution in [0, 0.1) is 6.92 Å². The molecule has 0 aliphatic carbocycles. The number of likely N-dealkylation sites (tertiary alicyclic amines) is 1. The average molecular weight is 256 g/mol. The molecule has 4 heteroatoms. The SMILES string of the molecule is Cc1oc(C(=O)N2CCCCC2C)cc1CCl. The zero-order valence-corrected chi connectivity index (χ0v) is 11.1. The summed E-state index contributed by atoms with van der Waals surface area (Å²) in [5.74, 6) is 1.55. The van der Waals surface area contributed by atoms with Crippen LogP contribution >= 0.6 is 11.6 Å². The van der Waals surface area contributed by atoms with Gasteiger partial charge in [0.1, 0.15) is 5.76 Å². The third-order valence-corrected chi connectivity index (χ3v) is 3.73. The number of nitrogens with zero attached hydrogens (tertiary/aromatic N) is 1. The zero-order valence-electron chi connectivity index (χ0n) is 10.3. The molecule has 2 rings (SSSR count). The van der Waals surface area contributed by atoms with Gasteiger partial charge in [-0.1, -0.05) is 0 Å². The van der Waals surface area contributed by atoms with E-state index >= 15 is 0 Å². The largest absolute Gasteiger partial charge is 0.456 e. The number of alkyl halides is 1. The molecule has 1 aromatic rings. The van der Waals surface area contributed by atoms with Crippen LogP contribution in [0.2, 0.25) is 0 Å². The molecule has 1 aliphatic rings.